The summed E-state index contributed by atoms with van der Waals surface area (Å²) in [6.07, 6.45) is 5.03. The van der Waals surface area contributed by atoms with Gasteiger partial charge in [0, 0.05) is 0 Å². The molecule has 0 spiro atoms. The number of hydrogen-bond acceptors (Lipinski definition) is 3. The number of halogens is 1. The summed E-state index contributed by atoms with van der Waals surface area (Å²) in [5.74, 6) is -0.144. The summed E-state index contributed by atoms with van der Waals surface area (Å²) in [6.45, 7) is 0.441. The van der Waals surface area contributed by atoms with Gasteiger partial charge in [-0.15, -0.1) is 0 Å². The van der Waals surface area contributed by atoms with Crippen molar-refractivity contribution in [1.29, 1.82) is 0 Å². The van der Waals surface area contributed by atoms with E-state index in [0.717, 1.165) is 18.4 Å². The Morgan fingerprint density at radius 3 is 2.72 bits per heavy atom. The lowest BCUT2D eigenvalue weighted by atomic mass is 10.1. The quantitative estimate of drug-likeness (QED) is 0.877. The zero-order chi connectivity index (χ0) is 13.0. The Morgan fingerprint density at radius 1 is 1.39 bits per heavy atom. The predicted octanol–water partition coefficient (Wildman–Crippen LogP) is 2.79. The van der Waals surface area contributed by atoms with Gasteiger partial charge in [-0.1, -0.05) is 18.9 Å². The highest BCUT2D eigenvalue weighted by molar-refractivity contribution is 5.30. The maximum absolute atomic E-state index is 13.5. The minimum atomic E-state index is -0.383. The Balaban J connectivity index is 1.91. The van der Waals surface area contributed by atoms with Crippen LogP contribution in [0.15, 0.2) is 18.2 Å². The Morgan fingerprint density at radius 2 is 2.11 bits per heavy atom. The van der Waals surface area contributed by atoms with Crippen LogP contribution >= 0.6 is 0 Å². The van der Waals surface area contributed by atoms with Gasteiger partial charge in [0.25, 0.3) is 0 Å². The standard InChI is InChI=1S/C14H20FNO2/c1-17-14-7-6-10(8-12(14)15)13(16)9-18-11-4-2-3-5-11/h6-8,11,13H,2-5,9,16H2,1H3. The van der Waals surface area contributed by atoms with Gasteiger partial charge in [0.2, 0.25) is 0 Å². The van der Waals surface area contributed by atoms with Gasteiger partial charge in [0.05, 0.1) is 25.9 Å². The second-order valence-corrected chi connectivity index (χ2v) is 4.74. The van der Waals surface area contributed by atoms with Crippen molar-refractivity contribution in [2.24, 2.45) is 5.73 Å². The van der Waals surface area contributed by atoms with E-state index in [1.54, 1.807) is 12.1 Å². The molecule has 0 heterocycles. The molecule has 0 bridgehead atoms. The van der Waals surface area contributed by atoms with Crippen LogP contribution < -0.4 is 10.5 Å². The van der Waals surface area contributed by atoms with Crippen LogP contribution in [0.25, 0.3) is 0 Å². The molecule has 1 fully saturated rings. The topological polar surface area (TPSA) is 44.5 Å². The van der Waals surface area contributed by atoms with Crippen molar-refractivity contribution in [3.8, 4) is 5.75 Å². The minimum absolute atomic E-state index is 0.239. The molecule has 1 saturated carbocycles. The Hall–Kier alpha value is -1.13. The van der Waals surface area contributed by atoms with Crippen molar-refractivity contribution in [2.45, 2.75) is 37.8 Å². The summed E-state index contributed by atoms with van der Waals surface area (Å²) >= 11 is 0. The van der Waals surface area contributed by atoms with Crippen molar-refractivity contribution in [3.63, 3.8) is 0 Å². The molecule has 0 saturated heterocycles. The predicted molar refractivity (Wildman–Crippen MR) is 68.1 cm³/mol. The van der Waals surface area contributed by atoms with Crippen LogP contribution in [0, 0.1) is 5.82 Å². The van der Waals surface area contributed by atoms with Crippen LogP contribution in [0.5, 0.6) is 5.75 Å². The van der Waals surface area contributed by atoms with E-state index < -0.39 is 0 Å². The van der Waals surface area contributed by atoms with Crippen molar-refractivity contribution in [2.75, 3.05) is 13.7 Å². The average molecular weight is 253 g/mol. The van der Waals surface area contributed by atoms with Crippen molar-refractivity contribution in [3.05, 3.63) is 29.6 Å². The highest BCUT2D eigenvalue weighted by atomic mass is 19.1. The molecule has 2 N–H and O–H groups in total. The molecule has 2 rings (SSSR count). The van der Waals surface area contributed by atoms with E-state index in [1.165, 1.54) is 26.0 Å². The van der Waals surface area contributed by atoms with Crippen LogP contribution in [0.1, 0.15) is 37.3 Å². The van der Waals surface area contributed by atoms with Gasteiger partial charge in [-0.25, -0.2) is 4.39 Å². The van der Waals surface area contributed by atoms with E-state index in [1.807, 2.05) is 0 Å². The smallest absolute Gasteiger partial charge is 0.165 e. The molecule has 1 aliphatic rings. The highest BCUT2D eigenvalue weighted by Gasteiger charge is 2.17. The fourth-order valence-electron chi connectivity index (χ4n) is 2.30. The number of nitrogens with two attached hydrogens (primary N) is 1. The minimum Gasteiger partial charge on any atom is -0.494 e. The molecule has 100 valence electrons. The fourth-order valence-corrected chi connectivity index (χ4v) is 2.30. The molecular formula is C14H20FNO2. The Bertz CT molecular complexity index is 391. The molecule has 4 heteroatoms. The normalized spacial score (nSPS) is 17.9. The van der Waals surface area contributed by atoms with Gasteiger partial charge >= 0.3 is 0 Å². The van der Waals surface area contributed by atoms with Crippen LogP contribution in [0.3, 0.4) is 0 Å². The highest BCUT2D eigenvalue weighted by Crippen LogP contribution is 2.24. The summed E-state index contributed by atoms with van der Waals surface area (Å²) < 4.78 is 24.1. The van der Waals surface area contributed by atoms with Crippen molar-refractivity contribution < 1.29 is 13.9 Å². The molecule has 1 aromatic carbocycles. The molecule has 1 atom stereocenters. The van der Waals surface area contributed by atoms with Crippen LogP contribution in [-0.4, -0.2) is 19.8 Å². The molecule has 0 radical (unpaired) electrons. The fraction of sp³-hybridized carbons (Fsp3) is 0.571. The molecule has 18 heavy (non-hydrogen) atoms. The third kappa shape index (κ3) is 3.21. The van der Waals surface area contributed by atoms with Gasteiger partial charge in [-0.05, 0) is 30.5 Å². The zero-order valence-corrected chi connectivity index (χ0v) is 10.7. The first-order valence-electron chi connectivity index (χ1n) is 6.41. The summed E-state index contributed by atoms with van der Waals surface area (Å²) in [6, 6.07) is 4.51. The lowest BCUT2D eigenvalue weighted by Gasteiger charge is -2.17. The SMILES string of the molecule is COc1ccc(C(N)COC2CCCC2)cc1F. The van der Waals surface area contributed by atoms with Crippen molar-refractivity contribution in [1.82, 2.24) is 0 Å². The lowest BCUT2D eigenvalue weighted by molar-refractivity contribution is 0.0488. The van der Waals surface area contributed by atoms with Crippen LogP contribution in [0.4, 0.5) is 4.39 Å². The number of methoxy groups -OCH3 is 1. The third-order valence-electron chi connectivity index (χ3n) is 3.42. The third-order valence-corrected chi connectivity index (χ3v) is 3.42. The average Bonchev–Trinajstić information content (AvgIpc) is 2.89. The number of rotatable bonds is 5. The van der Waals surface area contributed by atoms with Crippen molar-refractivity contribution >= 4 is 0 Å². The zero-order valence-electron chi connectivity index (χ0n) is 10.7. The second kappa shape index (κ2) is 6.16. The summed E-state index contributed by atoms with van der Waals surface area (Å²) in [7, 11) is 1.45. The van der Waals surface area contributed by atoms with E-state index >= 15 is 0 Å². The number of ether oxygens (including phenoxy) is 2. The van der Waals surface area contributed by atoms with Gasteiger partial charge in [-0.2, -0.15) is 0 Å². The van der Waals surface area contributed by atoms with E-state index in [-0.39, 0.29) is 17.6 Å². The van der Waals surface area contributed by atoms with Gasteiger partial charge in [0.1, 0.15) is 0 Å². The van der Waals surface area contributed by atoms with Crippen LogP contribution in [-0.2, 0) is 4.74 Å². The Labute approximate surface area is 107 Å². The maximum Gasteiger partial charge on any atom is 0.165 e. The molecule has 1 aliphatic carbocycles. The van der Waals surface area contributed by atoms with E-state index in [4.69, 9.17) is 15.2 Å². The van der Waals surface area contributed by atoms with Gasteiger partial charge in [-0.3, -0.25) is 0 Å². The molecular weight excluding hydrogens is 233 g/mol. The summed E-state index contributed by atoms with van der Waals surface area (Å²) in [5.41, 5.74) is 6.74. The lowest BCUT2D eigenvalue weighted by Crippen LogP contribution is -2.21. The molecule has 0 amide bonds. The van der Waals surface area contributed by atoms with Gasteiger partial charge in [0.15, 0.2) is 11.6 Å². The molecule has 1 aromatic rings. The first-order chi connectivity index (χ1) is 8.70. The van der Waals surface area contributed by atoms with E-state index in [2.05, 4.69) is 0 Å². The number of hydrogen-bond donors (Lipinski definition) is 1. The largest absolute Gasteiger partial charge is 0.494 e. The summed E-state index contributed by atoms with van der Waals surface area (Å²) in [5, 5.41) is 0. The van der Waals surface area contributed by atoms with Gasteiger partial charge < -0.3 is 15.2 Å². The molecule has 3 nitrogen and oxygen atoms in total. The van der Waals surface area contributed by atoms with E-state index in [0.29, 0.717) is 12.7 Å². The maximum atomic E-state index is 13.5. The first-order valence-corrected chi connectivity index (χ1v) is 6.41. The second-order valence-electron chi connectivity index (χ2n) is 4.74. The monoisotopic (exact) mass is 253 g/mol. The molecule has 1 unspecified atom stereocenters. The summed E-state index contributed by atoms with van der Waals surface area (Å²) in [4.78, 5) is 0. The Kier molecular flexibility index (Phi) is 4.55. The first kappa shape index (κ1) is 13.3. The van der Waals surface area contributed by atoms with Crippen LogP contribution in [0.2, 0.25) is 0 Å². The number of benzene rings is 1. The molecule has 0 aromatic heterocycles. The molecule has 0 aliphatic heterocycles. The van der Waals surface area contributed by atoms with E-state index in [9.17, 15) is 4.39 Å².